The van der Waals surface area contributed by atoms with Gasteiger partial charge in [-0.3, -0.25) is 10.1 Å². The number of methoxy groups -OCH3 is 1. The molecule has 6 nitrogen and oxygen atoms in total. The number of nitrogens with zero attached hydrogens (tertiary/aromatic N) is 2. The van der Waals surface area contributed by atoms with Crippen LogP contribution >= 0.6 is 0 Å². The molecule has 10 heteroatoms. The smallest absolute Gasteiger partial charge is 0.481 e. The quantitative estimate of drug-likeness (QED) is 0.477. The molecular weight excluding hydrogens is 264 g/mol. The average Bonchev–Trinajstić information content (AvgIpc) is 2.25. The maximum absolute atomic E-state index is 12.5. The molecule has 0 N–H and O–H groups in total. The van der Waals surface area contributed by atoms with Crippen LogP contribution in [-0.2, 0) is 6.67 Å². The molecule has 0 radical (unpaired) electrons. The minimum Gasteiger partial charge on any atom is -0.481 e. The number of hydrogen-bond acceptors (Lipinski definition) is 5. The highest BCUT2D eigenvalue weighted by molar-refractivity contribution is 5.47. The molecule has 0 atom stereocenters. The van der Waals surface area contributed by atoms with Crippen molar-refractivity contribution in [2.45, 2.75) is 13.0 Å². The molecule has 1 heterocycles. The van der Waals surface area contributed by atoms with E-state index >= 15 is 0 Å². The molecule has 0 amide bonds. The molecule has 0 bridgehead atoms. The van der Waals surface area contributed by atoms with Crippen molar-refractivity contribution in [1.82, 2.24) is 4.98 Å². The fourth-order valence-corrected chi connectivity index (χ4v) is 1.10. The van der Waals surface area contributed by atoms with E-state index in [9.17, 15) is 27.7 Å². The highest BCUT2D eigenvalue weighted by Gasteiger charge is 2.36. The molecule has 1 aromatic rings. The van der Waals surface area contributed by atoms with Crippen molar-refractivity contribution in [3.05, 3.63) is 21.7 Å². The molecule has 0 saturated carbocycles. The Balaban J connectivity index is 3.33. The lowest BCUT2D eigenvalue weighted by Gasteiger charge is -2.10. The Kier molecular flexibility index (Phi) is 3.89. The second-order valence-electron chi connectivity index (χ2n) is 2.92. The van der Waals surface area contributed by atoms with Crippen LogP contribution < -0.4 is 9.47 Å². The van der Waals surface area contributed by atoms with Crippen LogP contribution in [0.5, 0.6) is 11.8 Å². The number of rotatable bonds is 4. The Hall–Kier alpha value is -2.13. The summed E-state index contributed by atoms with van der Waals surface area (Å²) in [4.78, 5) is 12.5. The normalized spacial score (nSPS) is 11.2. The molecule has 0 spiro atoms. The summed E-state index contributed by atoms with van der Waals surface area (Å²) in [7, 11) is 1.03. The molecule has 0 aliphatic rings. The number of alkyl halides is 4. The third kappa shape index (κ3) is 3.18. The SMILES string of the molecule is COc1nc(OC(F)(F)F)c([N+](=O)[O-])cc1CF. The van der Waals surface area contributed by atoms with Crippen molar-refractivity contribution in [1.29, 1.82) is 0 Å². The van der Waals surface area contributed by atoms with Crippen LogP contribution in [0, 0.1) is 10.1 Å². The number of pyridine rings is 1. The summed E-state index contributed by atoms with van der Waals surface area (Å²) in [6, 6.07) is 0.576. The first-order valence-electron chi connectivity index (χ1n) is 4.32. The Labute approximate surface area is 97.3 Å². The molecule has 100 valence electrons. The molecule has 18 heavy (non-hydrogen) atoms. The average molecular weight is 270 g/mol. The summed E-state index contributed by atoms with van der Waals surface area (Å²) in [6.07, 6.45) is -5.15. The van der Waals surface area contributed by atoms with E-state index in [1.807, 2.05) is 0 Å². The molecule has 0 fully saturated rings. The van der Waals surface area contributed by atoms with E-state index in [1.54, 1.807) is 0 Å². The third-order valence-corrected chi connectivity index (χ3v) is 1.75. The molecule has 0 unspecified atom stereocenters. The van der Waals surface area contributed by atoms with Crippen molar-refractivity contribution in [2.75, 3.05) is 7.11 Å². The fraction of sp³-hybridized carbons (Fsp3) is 0.375. The lowest BCUT2D eigenvalue weighted by atomic mass is 10.2. The van der Waals surface area contributed by atoms with E-state index in [2.05, 4.69) is 14.5 Å². The Morgan fingerprint density at radius 1 is 1.44 bits per heavy atom. The van der Waals surface area contributed by atoms with Crippen LogP contribution in [0.25, 0.3) is 0 Å². The molecule has 0 aliphatic heterocycles. The van der Waals surface area contributed by atoms with Crippen LogP contribution in [-0.4, -0.2) is 23.4 Å². The maximum Gasteiger partial charge on any atom is 0.574 e. The van der Waals surface area contributed by atoms with Crippen molar-refractivity contribution in [3.63, 3.8) is 0 Å². The van der Waals surface area contributed by atoms with E-state index in [-0.39, 0.29) is 5.56 Å². The zero-order chi connectivity index (χ0) is 13.9. The van der Waals surface area contributed by atoms with Gasteiger partial charge < -0.3 is 9.47 Å². The molecule has 1 rings (SSSR count). The van der Waals surface area contributed by atoms with Gasteiger partial charge >= 0.3 is 17.9 Å². The maximum atomic E-state index is 12.5. The van der Waals surface area contributed by atoms with Gasteiger partial charge in [0.1, 0.15) is 6.67 Å². The van der Waals surface area contributed by atoms with Gasteiger partial charge in [0, 0.05) is 6.07 Å². The van der Waals surface area contributed by atoms with E-state index in [4.69, 9.17) is 0 Å². The van der Waals surface area contributed by atoms with Crippen LogP contribution in [0.2, 0.25) is 0 Å². The molecule has 0 aliphatic carbocycles. The zero-order valence-electron chi connectivity index (χ0n) is 8.82. The van der Waals surface area contributed by atoms with Gasteiger partial charge in [-0.25, -0.2) is 4.39 Å². The lowest BCUT2D eigenvalue weighted by molar-refractivity contribution is -0.389. The van der Waals surface area contributed by atoms with E-state index in [0.29, 0.717) is 6.07 Å². The van der Waals surface area contributed by atoms with Crippen LogP contribution in [0.15, 0.2) is 6.07 Å². The third-order valence-electron chi connectivity index (χ3n) is 1.75. The van der Waals surface area contributed by atoms with Gasteiger partial charge in [-0.2, -0.15) is 4.98 Å². The Morgan fingerprint density at radius 2 is 2.06 bits per heavy atom. The topological polar surface area (TPSA) is 74.5 Å². The molecule has 0 aromatic carbocycles. The van der Waals surface area contributed by atoms with Crippen molar-refractivity contribution < 1.29 is 32.0 Å². The molecule has 1 aromatic heterocycles. The second-order valence-corrected chi connectivity index (χ2v) is 2.92. The number of hydrogen-bond donors (Lipinski definition) is 0. The first-order valence-corrected chi connectivity index (χ1v) is 4.32. The summed E-state index contributed by atoms with van der Waals surface area (Å²) in [5, 5.41) is 10.5. The first-order chi connectivity index (χ1) is 8.28. The van der Waals surface area contributed by atoms with E-state index in [1.165, 1.54) is 0 Å². The zero-order valence-corrected chi connectivity index (χ0v) is 8.82. The Morgan fingerprint density at radius 3 is 2.44 bits per heavy atom. The lowest BCUT2D eigenvalue weighted by Crippen LogP contribution is -2.19. The van der Waals surface area contributed by atoms with Gasteiger partial charge in [0.2, 0.25) is 5.88 Å². The van der Waals surface area contributed by atoms with Gasteiger partial charge in [0.15, 0.2) is 0 Å². The summed E-state index contributed by atoms with van der Waals surface area (Å²) in [6.45, 7) is -1.18. The van der Waals surface area contributed by atoms with Crippen LogP contribution in [0.1, 0.15) is 5.56 Å². The van der Waals surface area contributed by atoms with Gasteiger partial charge in [-0.15, -0.1) is 13.2 Å². The highest BCUT2D eigenvalue weighted by Crippen LogP contribution is 2.34. The molecule has 0 saturated heterocycles. The van der Waals surface area contributed by atoms with Crippen molar-refractivity contribution in [3.8, 4) is 11.8 Å². The van der Waals surface area contributed by atoms with E-state index < -0.39 is 35.4 Å². The fourth-order valence-electron chi connectivity index (χ4n) is 1.10. The minimum atomic E-state index is -5.15. The second kappa shape index (κ2) is 5.02. The predicted molar refractivity (Wildman–Crippen MR) is 48.9 cm³/mol. The molecular formula is C8H6F4N2O4. The minimum absolute atomic E-state index is 0.348. The summed E-state index contributed by atoms with van der Waals surface area (Å²) >= 11 is 0. The van der Waals surface area contributed by atoms with Crippen LogP contribution in [0.3, 0.4) is 0 Å². The van der Waals surface area contributed by atoms with Gasteiger partial charge in [-0.05, 0) is 0 Å². The highest BCUT2D eigenvalue weighted by atomic mass is 19.4. The summed E-state index contributed by atoms with van der Waals surface area (Å²) < 4.78 is 56.4. The van der Waals surface area contributed by atoms with Gasteiger partial charge in [0.25, 0.3) is 0 Å². The Bertz CT molecular complexity index is 463. The number of nitro groups is 1. The van der Waals surface area contributed by atoms with Crippen molar-refractivity contribution in [2.24, 2.45) is 0 Å². The van der Waals surface area contributed by atoms with Gasteiger partial charge in [-0.1, -0.05) is 0 Å². The summed E-state index contributed by atoms with van der Waals surface area (Å²) in [5.41, 5.74) is -1.44. The largest absolute Gasteiger partial charge is 0.574 e. The van der Waals surface area contributed by atoms with Crippen LogP contribution in [0.4, 0.5) is 23.2 Å². The number of aromatic nitrogens is 1. The summed E-state index contributed by atoms with van der Waals surface area (Å²) in [5.74, 6) is -1.82. The van der Waals surface area contributed by atoms with Crippen molar-refractivity contribution >= 4 is 5.69 Å². The first kappa shape index (κ1) is 13.9. The van der Waals surface area contributed by atoms with Gasteiger partial charge in [0.05, 0.1) is 17.6 Å². The predicted octanol–water partition coefficient (Wildman–Crippen LogP) is 2.37. The van der Waals surface area contributed by atoms with E-state index in [0.717, 1.165) is 7.11 Å². The number of ether oxygens (including phenoxy) is 2. The number of halogens is 4. The standard InChI is InChI=1S/C8H6F4N2O4/c1-17-6-4(3-9)2-5(14(15)16)7(13-6)18-8(10,11)12/h2H,3H2,1H3. The monoisotopic (exact) mass is 270 g/mol.